The average molecular weight is 200 g/mol. The van der Waals surface area contributed by atoms with Crippen molar-refractivity contribution in [2.45, 2.75) is 53.9 Å². The molecular formula is C12H24O2. The molecule has 0 aliphatic heterocycles. The van der Waals surface area contributed by atoms with E-state index < -0.39 is 0 Å². The van der Waals surface area contributed by atoms with Crippen molar-refractivity contribution >= 4 is 5.97 Å². The maximum Gasteiger partial charge on any atom is 0.302 e. The van der Waals surface area contributed by atoms with E-state index in [4.69, 9.17) is 4.74 Å². The van der Waals surface area contributed by atoms with E-state index in [1.54, 1.807) is 0 Å². The number of hydrogen-bond donors (Lipinski definition) is 0. The van der Waals surface area contributed by atoms with Crippen molar-refractivity contribution in [3.63, 3.8) is 0 Å². The Hall–Kier alpha value is -0.530. The minimum absolute atomic E-state index is 0.172. The van der Waals surface area contributed by atoms with Gasteiger partial charge in [-0.15, -0.1) is 0 Å². The van der Waals surface area contributed by atoms with Crippen molar-refractivity contribution in [2.24, 2.45) is 11.3 Å². The number of hydrogen-bond acceptors (Lipinski definition) is 2. The highest BCUT2D eigenvalue weighted by Gasteiger charge is 2.18. The van der Waals surface area contributed by atoms with Gasteiger partial charge in [0.1, 0.15) is 0 Å². The zero-order chi connectivity index (χ0) is 11.2. The van der Waals surface area contributed by atoms with Crippen molar-refractivity contribution in [3.8, 4) is 0 Å². The molecule has 0 heterocycles. The van der Waals surface area contributed by atoms with E-state index in [2.05, 4.69) is 27.7 Å². The molecule has 0 spiro atoms. The van der Waals surface area contributed by atoms with Crippen LogP contribution in [0, 0.1) is 11.3 Å². The van der Waals surface area contributed by atoms with Crippen molar-refractivity contribution in [2.75, 3.05) is 6.61 Å². The minimum atomic E-state index is -0.172. The molecule has 0 bridgehead atoms. The van der Waals surface area contributed by atoms with Crippen LogP contribution in [0.5, 0.6) is 0 Å². The second-order valence-corrected chi connectivity index (χ2v) is 5.10. The number of esters is 1. The number of rotatable bonds is 5. The minimum Gasteiger partial charge on any atom is -0.466 e. The molecule has 0 rings (SSSR count). The Morgan fingerprint density at radius 1 is 1.29 bits per heavy atom. The Bertz CT molecular complexity index is 168. The zero-order valence-electron chi connectivity index (χ0n) is 10.2. The molecule has 2 heteroatoms. The molecule has 0 aromatic heterocycles. The van der Waals surface area contributed by atoms with Crippen LogP contribution in [0.1, 0.15) is 53.9 Å². The Morgan fingerprint density at radius 3 is 2.29 bits per heavy atom. The molecule has 0 aliphatic rings. The summed E-state index contributed by atoms with van der Waals surface area (Å²) in [4.78, 5) is 10.5. The van der Waals surface area contributed by atoms with Gasteiger partial charge < -0.3 is 4.74 Å². The molecule has 2 nitrogen and oxygen atoms in total. The third-order valence-corrected chi connectivity index (χ3v) is 2.82. The van der Waals surface area contributed by atoms with Gasteiger partial charge in [-0.2, -0.15) is 0 Å². The molecule has 0 aromatic carbocycles. The molecule has 0 unspecified atom stereocenters. The number of carbonyl (C=O) groups is 1. The zero-order valence-corrected chi connectivity index (χ0v) is 10.2. The normalized spacial score (nSPS) is 13.8. The summed E-state index contributed by atoms with van der Waals surface area (Å²) in [5.41, 5.74) is 0.390. The van der Waals surface area contributed by atoms with Crippen LogP contribution in [-0.2, 0) is 9.53 Å². The highest BCUT2D eigenvalue weighted by atomic mass is 16.5. The average Bonchev–Trinajstić information content (AvgIpc) is 2.01. The fourth-order valence-electron chi connectivity index (χ4n) is 1.20. The number of carbonyl (C=O) groups excluding carboxylic acids is 1. The second-order valence-electron chi connectivity index (χ2n) is 5.10. The maximum absolute atomic E-state index is 10.5. The standard InChI is InChI=1S/C12H24O2/c1-10(12(3,4)5)8-6-7-9-14-11(2)13/h10H,6-9H2,1-5H3/t10-/m1/s1. The van der Waals surface area contributed by atoms with E-state index in [1.807, 2.05) is 0 Å². The van der Waals surface area contributed by atoms with Gasteiger partial charge in [-0.05, 0) is 24.2 Å². The largest absolute Gasteiger partial charge is 0.466 e. The van der Waals surface area contributed by atoms with Gasteiger partial charge in [-0.25, -0.2) is 0 Å². The monoisotopic (exact) mass is 200 g/mol. The summed E-state index contributed by atoms with van der Waals surface area (Å²) < 4.78 is 4.87. The van der Waals surface area contributed by atoms with Crippen molar-refractivity contribution in [1.82, 2.24) is 0 Å². The predicted octanol–water partition coefficient (Wildman–Crippen LogP) is 3.40. The first-order valence-electron chi connectivity index (χ1n) is 5.47. The van der Waals surface area contributed by atoms with E-state index >= 15 is 0 Å². The van der Waals surface area contributed by atoms with Gasteiger partial charge in [0.2, 0.25) is 0 Å². The summed E-state index contributed by atoms with van der Waals surface area (Å²) in [5.74, 6) is 0.550. The number of ether oxygens (including phenoxy) is 1. The first kappa shape index (κ1) is 13.5. The van der Waals surface area contributed by atoms with Crippen molar-refractivity contribution < 1.29 is 9.53 Å². The molecule has 0 radical (unpaired) electrons. The summed E-state index contributed by atoms with van der Waals surface area (Å²) >= 11 is 0. The molecule has 0 N–H and O–H groups in total. The van der Waals surface area contributed by atoms with Crippen LogP contribution in [-0.4, -0.2) is 12.6 Å². The lowest BCUT2D eigenvalue weighted by Gasteiger charge is -2.27. The molecule has 0 saturated carbocycles. The van der Waals surface area contributed by atoms with Crippen LogP contribution in [0.3, 0.4) is 0 Å². The molecule has 0 aliphatic carbocycles. The second kappa shape index (κ2) is 6.05. The molecule has 0 amide bonds. The van der Waals surface area contributed by atoms with E-state index in [1.165, 1.54) is 13.3 Å². The van der Waals surface area contributed by atoms with E-state index in [-0.39, 0.29) is 5.97 Å². The smallest absolute Gasteiger partial charge is 0.302 e. The molecule has 0 fully saturated rings. The molecular weight excluding hydrogens is 176 g/mol. The Labute approximate surface area is 88.0 Å². The first-order chi connectivity index (χ1) is 6.34. The molecule has 0 aromatic rings. The van der Waals surface area contributed by atoms with Crippen LogP contribution < -0.4 is 0 Å². The summed E-state index contributed by atoms with van der Waals surface area (Å²) in [6, 6.07) is 0. The van der Waals surface area contributed by atoms with Crippen LogP contribution in [0.25, 0.3) is 0 Å². The molecule has 0 saturated heterocycles. The summed E-state index contributed by atoms with van der Waals surface area (Å²) in [7, 11) is 0. The third kappa shape index (κ3) is 6.93. The van der Waals surface area contributed by atoms with Gasteiger partial charge in [-0.3, -0.25) is 4.79 Å². The Balaban J connectivity index is 3.41. The summed E-state index contributed by atoms with van der Waals surface area (Å²) in [6.45, 7) is 11.1. The van der Waals surface area contributed by atoms with Crippen LogP contribution >= 0.6 is 0 Å². The SMILES string of the molecule is CC(=O)OCCCC[C@@H](C)C(C)(C)C. The van der Waals surface area contributed by atoms with E-state index in [0.717, 1.165) is 18.8 Å². The third-order valence-electron chi connectivity index (χ3n) is 2.82. The van der Waals surface area contributed by atoms with Gasteiger partial charge in [0.15, 0.2) is 0 Å². The van der Waals surface area contributed by atoms with Crippen LogP contribution in [0.4, 0.5) is 0 Å². The highest BCUT2D eigenvalue weighted by Crippen LogP contribution is 2.29. The fraction of sp³-hybridized carbons (Fsp3) is 0.917. The van der Waals surface area contributed by atoms with E-state index in [0.29, 0.717) is 12.0 Å². The first-order valence-corrected chi connectivity index (χ1v) is 5.47. The topological polar surface area (TPSA) is 26.3 Å². The fourth-order valence-corrected chi connectivity index (χ4v) is 1.20. The van der Waals surface area contributed by atoms with Gasteiger partial charge >= 0.3 is 5.97 Å². The van der Waals surface area contributed by atoms with Crippen molar-refractivity contribution in [3.05, 3.63) is 0 Å². The Morgan fingerprint density at radius 2 is 1.86 bits per heavy atom. The lowest BCUT2D eigenvalue weighted by atomic mass is 9.79. The maximum atomic E-state index is 10.5. The number of unbranched alkanes of at least 4 members (excludes halogenated alkanes) is 1. The van der Waals surface area contributed by atoms with Gasteiger partial charge in [0.25, 0.3) is 0 Å². The van der Waals surface area contributed by atoms with Crippen LogP contribution in [0.2, 0.25) is 0 Å². The van der Waals surface area contributed by atoms with Crippen molar-refractivity contribution in [1.29, 1.82) is 0 Å². The van der Waals surface area contributed by atoms with Gasteiger partial charge in [0.05, 0.1) is 6.61 Å². The summed E-state index contributed by atoms with van der Waals surface area (Å²) in [6.07, 6.45) is 3.34. The highest BCUT2D eigenvalue weighted by molar-refractivity contribution is 5.65. The van der Waals surface area contributed by atoms with E-state index in [9.17, 15) is 4.79 Å². The lowest BCUT2D eigenvalue weighted by molar-refractivity contribution is -0.141. The molecule has 14 heavy (non-hydrogen) atoms. The van der Waals surface area contributed by atoms with Crippen LogP contribution in [0.15, 0.2) is 0 Å². The van der Waals surface area contributed by atoms with Gasteiger partial charge in [0, 0.05) is 6.92 Å². The lowest BCUT2D eigenvalue weighted by Crippen LogP contribution is -2.17. The predicted molar refractivity (Wildman–Crippen MR) is 59.1 cm³/mol. The Kier molecular flexibility index (Phi) is 5.82. The molecule has 1 atom stereocenters. The summed E-state index contributed by atoms with van der Waals surface area (Å²) in [5, 5.41) is 0. The quantitative estimate of drug-likeness (QED) is 0.502. The van der Waals surface area contributed by atoms with Gasteiger partial charge in [-0.1, -0.05) is 34.1 Å². The molecule has 84 valence electrons.